The molecule has 1 aliphatic heterocycles. The lowest BCUT2D eigenvalue weighted by Gasteiger charge is -2.32. The van der Waals surface area contributed by atoms with Crippen LogP contribution in [0.5, 0.6) is 0 Å². The van der Waals surface area contributed by atoms with Crippen LogP contribution < -0.4 is 5.73 Å². The van der Waals surface area contributed by atoms with Gasteiger partial charge in [-0.1, -0.05) is 0 Å². The van der Waals surface area contributed by atoms with E-state index in [1.54, 1.807) is 4.90 Å². The molecule has 0 spiro atoms. The Labute approximate surface area is 94.0 Å². The summed E-state index contributed by atoms with van der Waals surface area (Å²) in [7, 11) is 0. The molecule has 16 heavy (non-hydrogen) atoms. The van der Waals surface area contributed by atoms with Gasteiger partial charge in [0.1, 0.15) is 0 Å². The Morgan fingerprint density at radius 3 is 2.81 bits per heavy atom. The van der Waals surface area contributed by atoms with Crippen molar-refractivity contribution in [3.63, 3.8) is 0 Å². The van der Waals surface area contributed by atoms with Crippen molar-refractivity contribution in [2.45, 2.75) is 31.6 Å². The highest BCUT2D eigenvalue weighted by atomic mass is 19.3. The molecule has 2 aliphatic rings. The Kier molecular flexibility index (Phi) is 3.15. The van der Waals surface area contributed by atoms with Crippen molar-refractivity contribution in [2.75, 3.05) is 19.6 Å². The molecule has 1 aliphatic carbocycles. The molecule has 0 aromatic carbocycles. The maximum Gasteiger partial charge on any atom is 0.252 e. The number of nitrogens with two attached hydrogens (primary N) is 1. The largest absolute Gasteiger partial charge is 0.342 e. The van der Waals surface area contributed by atoms with E-state index in [9.17, 15) is 13.6 Å². The highest BCUT2D eigenvalue weighted by Crippen LogP contribution is 2.45. The highest BCUT2D eigenvalue weighted by Gasteiger charge is 2.51. The van der Waals surface area contributed by atoms with Crippen molar-refractivity contribution in [2.24, 2.45) is 17.6 Å². The van der Waals surface area contributed by atoms with Crippen LogP contribution >= 0.6 is 0 Å². The maximum atomic E-state index is 13.6. The smallest absolute Gasteiger partial charge is 0.252 e. The molecule has 1 heterocycles. The van der Waals surface area contributed by atoms with Crippen molar-refractivity contribution in [3.8, 4) is 0 Å². The fourth-order valence-corrected chi connectivity index (χ4v) is 2.91. The molecule has 2 N–H and O–H groups in total. The summed E-state index contributed by atoms with van der Waals surface area (Å²) >= 11 is 0. The molecule has 0 radical (unpaired) electrons. The summed E-state index contributed by atoms with van der Waals surface area (Å²) in [4.78, 5) is 13.2. The number of likely N-dealkylation sites (tertiary alicyclic amines) is 1. The molecule has 92 valence electrons. The number of rotatable bonds is 2. The van der Waals surface area contributed by atoms with E-state index < -0.39 is 11.8 Å². The van der Waals surface area contributed by atoms with Gasteiger partial charge in [0, 0.05) is 38.4 Å². The van der Waals surface area contributed by atoms with Gasteiger partial charge in [-0.05, 0) is 18.8 Å². The van der Waals surface area contributed by atoms with E-state index in [1.165, 1.54) is 0 Å². The van der Waals surface area contributed by atoms with Gasteiger partial charge in [-0.25, -0.2) is 8.78 Å². The van der Waals surface area contributed by atoms with E-state index in [0.717, 1.165) is 6.42 Å². The zero-order valence-electron chi connectivity index (χ0n) is 9.29. The second-order valence-corrected chi connectivity index (χ2v) is 4.86. The number of halogens is 2. The molecule has 0 aromatic rings. The first-order valence-corrected chi connectivity index (χ1v) is 5.90. The van der Waals surface area contributed by atoms with Gasteiger partial charge in [0.25, 0.3) is 5.92 Å². The quantitative estimate of drug-likeness (QED) is 0.778. The summed E-state index contributed by atoms with van der Waals surface area (Å²) in [6, 6.07) is 0. The second kappa shape index (κ2) is 4.28. The molecule has 5 heteroatoms. The predicted molar refractivity (Wildman–Crippen MR) is 56.0 cm³/mol. The Morgan fingerprint density at radius 1 is 1.44 bits per heavy atom. The minimum atomic E-state index is -2.58. The van der Waals surface area contributed by atoms with Crippen LogP contribution in [0, 0.1) is 11.8 Å². The van der Waals surface area contributed by atoms with E-state index in [0.29, 0.717) is 19.5 Å². The third-order valence-electron chi connectivity index (χ3n) is 3.78. The van der Waals surface area contributed by atoms with Crippen LogP contribution in [0.25, 0.3) is 0 Å². The lowest BCUT2D eigenvalue weighted by Crippen LogP contribution is -2.38. The van der Waals surface area contributed by atoms with Gasteiger partial charge in [0.05, 0.1) is 0 Å². The lowest BCUT2D eigenvalue weighted by atomic mass is 9.79. The topological polar surface area (TPSA) is 46.3 Å². The van der Waals surface area contributed by atoms with Crippen LogP contribution in [-0.4, -0.2) is 36.4 Å². The van der Waals surface area contributed by atoms with E-state index >= 15 is 0 Å². The zero-order valence-corrected chi connectivity index (χ0v) is 9.29. The molecule has 1 saturated carbocycles. The number of amides is 1. The average molecular weight is 232 g/mol. The summed E-state index contributed by atoms with van der Waals surface area (Å²) in [6.07, 6.45) is 1.65. The molecule has 1 saturated heterocycles. The summed E-state index contributed by atoms with van der Waals surface area (Å²) < 4.78 is 27.2. The number of carbonyl (C=O) groups is 1. The van der Waals surface area contributed by atoms with E-state index in [1.807, 2.05) is 0 Å². The molecule has 3 nitrogen and oxygen atoms in total. The van der Waals surface area contributed by atoms with Crippen molar-refractivity contribution < 1.29 is 13.6 Å². The summed E-state index contributed by atoms with van der Waals surface area (Å²) in [5, 5.41) is 0. The normalized spacial score (nSPS) is 32.6. The monoisotopic (exact) mass is 232 g/mol. The van der Waals surface area contributed by atoms with Crippen LogP contribution in [0.15, 0.2) is 0 Å². The standard InChI is InChI=1S/C11H18F2N2O/c12-11(13)4-1-2-8-6-15(7-9(8)11)10(16)3-5-14/h8-9H,1-7,14H2/t8-,9+/m0/s1. The second-order valence-electron chi connectivity index (χ2n) is 4.86. The highest BCUT2D eigenvalue weighted by molar-refractivity contribution is 5.76. The molecule has 0 aromatic heterocycles. The first-order valence-electron chi connectivity index (χ1n) is 5.90. The number of hydrogen-bond donors (Lipinski definition) is 1. The molecular weight excluding hydrogens is 214 g/mol. The first kappa shape index (κ1) is 11.8. The van der Waals surface area contributed by atoms with E-state index in [-0.39, 0.29) is 31.2 Å². The molecule has 1 amide bonds. The van der Waals surface area contributed by atoms with E-state index in [2.05, 4.69) is 0 Å². The fraction of sp³-hybridized carbons (Fsp3) is 0.909. The fourth-order valence-electron chi connectivity index (χ4n) is 2.91. The lowest BCUT2D eigenvalue weighted by molar-refractivity contribution is -0.130. The van der Waals surface area contributed by atoms with Crippen LogP contribution in [0.3, 0.4) is 0 Å². The van der Waals surface area contributed by atoms with E-state index in [4.69, 9.17) is 5.73 Å². The number of nitrogens with zero attached hydrogens (tertiary/aromatic N) is 1. The molecule has 0 unspecified atom stereocenters. The number of carbonyl (C=O) groups excluding carboxylic acids is 1. The van der Waals surface area contributed by atoms with Crippen LogP contribution in [-0.2, 0) is 4.79 Å². The SMILES string of the molecule is NCCC(=O)N1C[C@@H]2CCCC(F)(F)[C@@H]2C1. The third-order valence-corrected chi connectivity index (χ3v) is 3.78. The minimum Gasteiger partial charge on any atom is -0.342 e. The van der Waals surface area contributed by atoms with Gasteiger partial charge in [-0.3, -0.25) is 4.79 Å². The molecule has 0 bridgehead atoms. The van der Waals surface area contributed by atoms with Gasteiger partial charge in [-0.2, -0.15) is 0 Å². The summed E-state index contributed by atoms with van der Waals surface area (Å²) in [6.45, 7) is 1.01. The molecular formula is C11H18F2N2O. The Balaban J connectivity index is 2.02. The molecule has 2 fully saturated rings. The van der Waals surface area contributed by atoms with Crippen molar-refractivity contribution in [3.05, 3.63) is 0 Å². The van der Waals surface area contributed by atoms with Crippen LogP contribution in [0.2, 0.25) is 0 Å². The summed E-state index contributed by atoms with van der Waals surface area (Å²) in [5.41, 5.74) is 5.30. The minimum absolute atomic E-state index is 0.00882. The van der Waals surface area contributed by atoms with Crippen molar-refractivity contribution in [1.82, 2.24) is 4.90 Å². The zero-order chi connectivity index (χ0) is 11.8. The Bertz CT molecular complexity index is 283. The van der Waals surface area contributed by atoms with Crippen LogP contribution in [0.4, 0.5) is 8.78 Å². The van der Waals surface area contributed by atoms with Crippen molar-refractivity contribution >= 4 is 5.91 Å². The van der Waals surface area contributed by atoms with Gasteiger partial charge in [0.15, 0.2) is 0 Å². The maximum absolute atomic E-state index is 13.6. The molecule has 2 atom stereocenters. The van der Waals surface area contributed by atoms with Gasteiger partial charge in [-0.15, -0.1) is 0 Å². The molecule has 2 rings (SSSR count). The third kappa shape index (κ3) is 2.05. The average Bonchev–Trinajstić information content (AvgIpc) is 2.63. The van der Waals surface area contributed by atoms with Crippen LogP contribution in [0.1, 0.15) is 25.7 Å². The Morgan fingerprint density at radius 2 is 2.19 bits per heavy atom. The summed E-state index contributed by atoms with van der Waals surface area (Å²) in [5.74, 6) is -3.29. The van der Waals surface area contributed by atoms with Gasteiger partial charge in [0.2, 0.25) is 5.91 Å². The number of hydrogen-bond acceptors (Lipinski definition) is 2. The number of alkyl halides is 2. The van der Waals surface area contributed by atoms with Gasteiger partial charge < -0.3 is 10.6 Å². The predicted octanol–water partition coefficient (Wildman–Crippen LogP) is 1.23. The Hall–Kier alpha value is -0.710. The van der Waals surface area contributed by atoms with Gasteiger partial charge >= 0.3 is 0 Å². The number of fused-ring (bicyclic) bond motifs is 1. The first-order chi connectivity index (χ1) is 7.54. The van der Waals surface area contributed by atoms with Crippen molar-refractivity contribution in [1.29, 1.82) is 0 Å².